The Kier molecular flexibility index (Phi) is 10.7. The number of hydrogen-bond donors (Lipinski definition) is 2. The van der Waals surface area contributed by atoms with Crippen molar-refractivity contribution < 1.29 is 42.3 Å². The van der Waals surface area contributed by atoms with E-state index in [0.29, 0.717) is 35.5 Å². The van der Waals surface area contributed by atoms with E-state index in [9.17, 15) is 38.0 Å². The minimum atomic E-state index is -5.05. The molecule has 266 valence electrons. The third-order valence-corrected chi connectivity index (χ3v) is 9.38. The first-order valence-corrected chi connectivity index (χ1v) is 16.5. The second-order valence-electron chi connectivity index (χ2n) is 12.7. The van der Waals surface area contributed by atoms with Gasteiger partial charge in [-0.15, -0.1) is 0 Å². The van der Waals surface area contributed by atoms with Gasteiger partial charge >= 0.3 is 12.1 Å². The number of rotatable bonds is 9. The van der Waals surface area contributed by atoms with Crippen molar-refractivity contribution in [2.45, 2.75) is 56.6 Å². The maximum Gasteiger partial charge on any atom is 0.471 e. The number of alkyl halides is 3. The summed E-state index contributed by atoms with van der Waals surface area (Å²) in [6.07, 6.45) is -5.30. The van der Waals surface area contributed by atoms with E-state index >= 15 is 0 Å². The van der Waals surface area contributed by atoms with Crippen LogP contribution in [0.3, 0.4) is 0 Å². The summed E-state index contributed by atoms with van der Waals surface area (Å²) in [6.45, 7) is 3.44. The summed E-state index contributed by atoms with van der Waals surface area (Å²) in [5, 5.41) is 23.2. The van der Waals surface area contributed by atoms with Gasteiger partial charge in [-0.3, -0.25) is 24.6 Å². The molecule has 2 N–H and O–H groups in total. The van der Waals surface area contributed by atoms with E-state index in [-0.39, 0.29) is 37.5 Å². The van der Waals surface area contributed by atoms with Gasteiger partial charge in [0.2, 0.25) is 5.91 Å². The summed E-state index contributed by atoms with van der Waals surface area (Å²) in [5.41, 5.74) is 3.74. The fraction of sp³-hybridized carbons (Fsp3) is 0.429. The van der Waals surface area contributed by atoms with Crippen molar-refractivity contribution in [2.75, 3.05) is 49.5 Å². The standard InChI is InChI=1S/C35H38F3N5O7/c36-35(37,38)34(46)42-15-1-2-30(42)32(45)39-26-9-7-25(8-10-26)33-49-29(20-31(50-33)24-5-3-23(22-44)4-6-24)21-40-16-18-41(19-17-40)27-11-13-28(14-12-27)43(47)48/h3-14,29-31,33,44H,1-2,15-22H2,(H,39,45)/t29-,30-,31+,33+/m0/s1. The summed E-state index contributed by atoms with van der Waals surface area (Å²) < 4.78 is 52.0. The molecule has 0 spiro atoms. The predicted molar refractivity (Wildman–Crippen MR) is 176 cm³/mol. The van der Waals surface area contributed by atoms with Gasteiger partial charge in [-0.1, -0.05) is 36.4 Å². The molecular weight excluding hydrogens is 659 g/mol. The number of piperazine rings is 1. The molecule has 0 saturated carbocycles. The maximum absolute atomic E-state index is 13.0. The fourth-order valence-corrected chi connectivity index (χ4v) is 6.69. The molecule has 3 aromatic carbocycles. The zero-order valence-electron chi connectivity index (χ0n) is 27.1. The maximum atomic E-state index is 13.0. The summed E-state index contributed by atoms with van der Waals surface area (Å²) in [6, 6.07) is 19.6. The van der Waals surface area contributed by atoms with Crippen molar-refractivity contribution in [3.8, 4) is 0 Å². The van der Waals surface area contributed by atoms with Crippen LogP contribution in [-0.4, -0.2) is 89.2 Å². The Morgan fingerprint density at radius 3 is 2.18 bits per heavy atom. The van der Waals surface area contributed by atoms with E-state index in [4.69, 9.17) is 9.47 Å². The molecule has 3 aliphatic heterocycles. The van der Waals surface area contributed by atoms with Crippen LogP contribution in [0.5, 0.6) is 0 Å². The third-order valence-electron chi connectivity index (χ3n) is 9.38. The second kappa shape index (κ2) is 15.1. The monoisotopic (exact) mass is 697 g/mol. The molecule has 0 bridgehead atoms. The molecule has 3 aliphatic rings. The minimum absolute atomic E-state index is 0.0523. The van der Waals surface area contributed by atoms with Crippen LogP contribution in [0.2, 0.25) is 0 Å². The Morgan fingerprint density at radius 2 is 1.56 bits per heavy atom. The lowest BCUT2D eigenvalue weighted by molar-refractivity contribution is -0.384. The van der Waals surface area contributed by atoms with Gasteiger partial charge in [0.1, 0.15) is 6.04 Å². The van der Waals surface area contributed by atoms with Crippen LogP contribution >= 0.6 is 0 Å². The van der Waals surface area contributed by atoms with Crippen LogP contribution in [0, 0.1) is 10.1 Å². The largest absolute Gasteiger partial charge is 0.471 e. The number of nitro benzene ring substituents is 1. The molecule has 0 aliphatic carbocycles. The van der Waals surface area contributed by atoms with Crippen LogP contribution in [0.1, 0.15) is 48.3 Å². The number of nitrogens with zero attached hydrogens (tertiary/aromatic N) is 4. The Bertz CT molecular complexity index is 1650. The van der Waals surface area contributed by atoms with E-state index in [1.165, 1.54) is 12.1 Å². The van der Waals surface area contributed by atoms with Crippen molar-refractivity contribution in [2.24, 2.45) is 0 Å². The van der Waals surface area contributed by atoms with Crippen molar-refractivity contribution in [1.29, 1.82) is 0 Å². The number of likely N-dealkylation sites (tertiary alicyclic amines) is 1. The topological polar surface area (TPSA) is 138 Å². The summed E-state index contributed by atoms with van der Waals surface area (Å²) in [5.74, 6) is -2.70. The molecule has 6 rings (SSSR count). The lowest BCUT2D eigenvalue weighted by Crippen LogP contribution is -2.49. The summed E-state index contributed by atoms with van der Waals surface area (Å²) >= 11 is 0. The molecule has 3 saturated heterocycles. The number of non-ortho nitro benzene ring substituents is 1. The lowest BCUT2D eigenvalue weighted by atomic mass is 9.99. The quantitative estimate of drug-likeness (QED) is 0.235. The van der Waals surface area contributed by atoms with Gasteiger partial charge in [0.15, 0.2) is 6.29 Å². The molecule has 12 nitrogen and oxygen atoms in total. The van der Waals surface area contributed by atoms with Crippen LogP contribution in [-0.2, 0) is 25.7 Å². The number of ether oxygens (including phenoxy) is 2. The average Bonchev–Trinajstić information content (AvgIpc) is 3.62. The van der Waals surface area contributed by atoms with Gasteiger partial charge < -0.3 is 29.7 Å². The van der Waals surface area contributed by atoms with Gasteiger partial charge in [-0.2, -0.15) is 13.2 Å². The van der Waals surface area contributed by atoms with E-state index < -0.39 is 35.2 Å². The fourth-order valence-electron chi connectivity index (χ4n) is 6.69. The first-order chi connectivity index (χ1) is 24.0. The molecule has 2 amide bonds. The molecule has 0 aromatic heterocycles. The number of carbonyl (C=O) groups is 2. The van der Waals surface area contributed by atoms with Gasteiger partial charge in [0, 0.05) is 74.8 Å². The molecule has 3 heterocycles. The minimum Gasteiger partial charge on any atom is -0.392 e. The molecule has 0 radical (unpaired) electrons. The smallest absolute Gasteiger partial charge is 0.392 e. The highest BCUT2D eigenvalue weighted by Gasteiger charge is 2.47. The van der Waals surface area contributed by atoms with Gasteiger partial charge in [0.05, 0.1) is 23.7 Å². The van der Waals surface area contributed by atoms with Gasteiger partial charge in [0.25, 0.3) is 5.69 Å². The van der Waals surface area contributed by atoms with E-state index in [1.807, 2.05) is 24.3 Å². The molecule has 3 fully saturated rings. The van der Waals surface area contributed by atoms with Crippen LogP contribution in [0.4, 0.5) is 30.2 Å². The van der Waals surface area contributed by atoms with Gasteiger partial charge in [-0.25, -0.2) is 0 Å². The molecule has 0 unspecified atom stereocenters. The highest BCUT2D eigenvalue weighted by molar-refractivity contribution is 5.98. The predicted octanol–water partition coefficient (Wildman–Crippen LogP) is 4.95. The number of carbonyl (C=O) groups excluding carboxylic acids is 2. The number of benzene rings is 3. The highest BCUT2D eigenvalue weighted by atomic mass is 19.4. The number of halogens is 3. The number of nitro groups is 1. The van der Waals surface area contributed by atoms with Crippen molar-refractivity contribution in [3.05, 3.63) is 99.6 Å². The first kappa shape index (κ1) is 35.3. The molecule has 3 aromatic rings. The second-order valence-corrected chi connectivity index (χ2v) is 12.7. The summed E-state index contributed by atoms with van der Waals surface area (Å²) in [4.78, 5) is 40.4. The van der Waals surface area contributed by atoms with Crippen LogP contribution < -0.4 is 10.2 Å². The van der Waals surface area contributed by atoms with Crippen LogP contribution in [0.25, 0.3) is 0 Å². The summed E-state index contributed by atoms with van der Waals surface area (Å²) in [7, 11) is 0. The SMILES string of the molecule is O=C(Nc1ccc([C@@H]2O[C@H](CN3CCN(c4ccc([N+](=O)[O-])cc4)CC3)C[C@H](c3ccc(CO)cc3)O2)cc1)[C@@H]1CCCN1C(=O)C(F)(F)F. The molecule has 4 atom stereocenters. The zero-order valence-corrected chi connectivity index (χ0v) is 27.1. The van der Waals surface area contributed by atoms with Crippen molar-refractivity contribution >= 4 is 28.9 Å². The number of aliphatic hydroxyl groups is 1. The van der Waals surface area contributed by atoms with Crippen molar-refractivity contribution in [1.82, 2.24) is 9.80 Å². The van der Waals surface area contributed by atoms with Crippen molar-refractivity contribution in [3.63, 3.8) is 0 Å². The third kappa shape index (κ3) is 8.24. The number of amides is 2. The van der Waals surface area contributed by atoms with E-state index in [2.05, 4.69) is 15.1 Å². The number of aliphatic hydroxyl groups excluding tert-OH is 1. The number of nitrogens with one attached hydrogen (secondary N) is 1. The molecule has 15 heteroatoms. The van der Waals surface area contributed by atoms with Crippen LogP contribution in [0.15, 0.2) is 72.8 Å². The number of hydrogen-bond acceptors (Lipinski definition) is 9. The Balaban J connectivity index is 1.11. The van der Waals surface area contributed by atoms with E-state index in [0.717, 1.165) is 43.0 Å². The van der Waals surface area contributed by atoms with E-state index in [1.54, 1.807) is 36.4 Å². The normalized spacial score (nSPS) is 23.1. The van der Waals surface area contributed by atoms with Gasteiger partial charge in [-0.05, 0) is 48.2 Å². The zero-order chi connectivity index (χ0) is 35.4. The number of anilines is 2. The lowest BCUT2D eigenvalue weighted by Gasteiger charge is -2.41. The Hall–Kier alpha value is -4.57. The molecular formula is C35H38F3N5O7. The Labute approximate surface area is 286 Å². The Morgan fingerprint density at radius 1 is 0.900 bits per heavy atom. The first-order valence-electron chi connectivity index (χ1n) is 16.5. The highest BCUT2D eigenvalue weighted by Crippen LogP contribution is 2.39. The molecule has 50 heavy (non-hydrogen) atoms. The average molecular weight is 698 g/mol.